The first kappa shape index (κ1) is 13.5. The minimum atomic E-state index is 0.901. The molecular formula is C16H24N2S. The van der Waals surface area contributed by atoms with E-state index in [1.165, 1.54) is 51.2 Å². The quantitative estimate of drug-likeness (QED) is 0.910. The van der Waals surface area contributed by atoms with Crippen LogP contribution >= 0.6 is 11.8 Å². The van der Waals surface area contributed by atoms with Gasteiger partial charge in [0.15, 0.2) is 0 Å². The Hall–Kier alpha value is -0.510. The molecule has 1 saturated heterocycles. The van der Waals surface area contributed by atoms with Crippen LogP contribution in [0.1, 0.15) is 24.0 Å². The molecule has 0 saturated carbocycles. The maximum Gasteiger partial charge on any atom is 0.0236 e. The highest BCUT2D eigenvalue weighted by Gasteiger charge is 2.17. The summed E-state index contributed by atoms with van der Waals surface area (Å²) in [4.78, 5) is 2.62. The molecule has 0 unspecified atom stereocenters. The standard InChI is InChI=1S/C16H24N2S/c1-2-4-15-13-18(10-7-14(15)3-1)11-12-19-16-5-8-17-9-6-16/h1-4,16-17H,5-13H2. The maximum absolute atomic E-state index is 3.44. The van der Waals surface area contributed by atoms with E-state index in [0.717, 1.165) is 11.8 Å². The van der Waals surface area contributed by atoms with Crippen LogP contribution in [0.4, 0.5) is 0 Å². The summed E-state index contributed by atoms with van der Waals surface area (Å²) in [6, 6.07) is 8.92. The SMILES string of the molecule is c1ccc2c(c1)CCN(CCSC1CCNCC1)C2. The fraction of sp³-hybridized carbons (Fsp3) is 0.625. The summed E-state index contributed by atoms with van der Waals surface area (Å²) >= 11 is 2.19. The lowest BCUT2D eigenvalue weighted by Crippen LogP contribution is -2.33. The third-order valence-corrected chi connectivity index (χ3v) is 5.62. The van der Waals surface area contributed by atoms with Crippen molar-refractivity contribution in [2.24, 2.45) is 0 Å². The van der Waals surface area contributed by atoms with Gasteiger partial charge in [-0.2, -0.15) is 11.8 Å². The van der Waals surface area contributed by atoms with Crippen molar-refractivity contribution in [3.63, 3.8) is 0 Å². The van der Waals surface area contributed by atoms with Crippen molar-refractivity contribution in [2.75, 3.05) is 31.9 Å². The second-order valence-electron chi connectivity index (χ2n) is 5.62. The van der Waals surface area contributed by atoms with Gasteiger partial charge in [-0.3, -0.25) is 4.90 Å². The number of hydrogen-bond acceptors (Lipinski definition) is 3. The Morgan fingerprint density at radius 2 is 1.95 bits per heavy atom. The third kappa shape index (κ3) is 3.74. The van der Waals surface area contributed by atoms with Gasteiger partial charge in [0.1, 0.15) is 0 Å². The first-order chi connectivity index (χ1) is 9.42. The number of rotatable bonds is 4. The molecule has 0 bridgehead atoms. The largest absolute Gasteiger partial charge is 0.317 e. The van der Waals surface area contributed by atoms with Gasteiger partial charge < -0.3 is 5.32 Å². The Morgan fingerprint density at radius 3 is 2.79 bits per heavy atom. The average molecular weight is 276 g/mol. The highest BCUT2D eigenvalue weighted by atomic mass is 32.2. The Morgan fingerprint density at radius 1 is 1.16 bits per heavy atom. The van der Waals surface area contributed by atoms with Crippen LogP contribution in [-0.2, 0) is 13.0 Å². The second kappa shape index (κ2) is 6.78. The van der Waals surface area contributed by atoms with Gasteiger partial charge in [-0.15, -0.1) is 0 Å². The Kier molecular flexibility index (Phi) is 4.81. The molecule has 0 atom stereocenters. The molecule has 0 spiro atoms. The van der Waals surface area contributed by atoms with Gasteiger partial charge in [-0.25, -0.2) is 0 Å². The molecule has 2 aliphatic heterocycles. The molecule has 2 nitrogen and oxygen atoms in total. The predicted octanol–water partition coefficient (Wildman–Crippen LogP) is 2.53. The zero-order chi connectivity index (χ0) is 12.9. The van der Waals surface area contributed by atoms with E-state index < -0.39 is 0 Å². The molecule has 1 N–H and O–H groups in total. The molecule has 1 aromatic rings. The summed E-state index contributed by atoms with van der Waals surface area (Å²) in [7, 11) is 0. The van der Waals surface area contributed by atoms with Crippen molar-refractivity contribution in [3.05, 3.63) is 35.4 Å². The molecule has 104 valence electrons. The number of nitrogens with one attached hydrogen (secondary N) is 1. The van der Waals surface area contributed by atoms with Crippen molar-refractivity contribution in [2.45, 2.75) is 31.1 Å². The monoisotopic (exact) mass is 276 g/mol. The van der Waals surface area contributed by atoms with E-state index >= 15 is 0 Å². The third-order valence-electron chi connectivity index (χ3n) is 4.26. The predicted molar refractivity (Wildman–Crippen MR) is 83.8 cm³/mol. The van der Waals surface area contributed by atoms with E-state index in [1.807, 2.05) is 0 Å². The summed E-state index contributed by atoms with van der Waals surface area (Å²) in [6.07, 6.45) is 3.94. The Balaban J connectivity index is 1.42. The van der Waals surface area contributed by atoms with Gasteiger partial charge in [-0.1, -0.05) is 24.3 Å². The number of fused-ring (bicyclic) bond motifs is 1. The van der Waals surface area contributed by atoms with Crippen LogP contribution in [0.5, 0.6) is 0 Å². The van der Waals surface area contributed by atoms with Gasteiger partial charge in [0, 0.05) is 30.6 Å². The van der Waals surface area contributed by atoms with Crippen LogP contribution in [0, 0.1) is 0 Å². The first-order valence-electron chi connectivity index (χ1n) is 7.53. The highest BCUT2D eigenvalue weighted by molar-refractivity contribution is 7.99. The molecule has 19 heavy (non-hydrogen) atoms. The van der Waals surface area contributed by atoms with Gasteiger partial charge >= 0.3 is 0 Å². The molecule has 2 heterocycles. The smallest absolute Gasteiger partial charge is 0.0236 e. The van der Waals surface area contributed by atoms with Crippen molar-refractivity contribution >= 4 is 11.8 Å². The minimum absolute atomic E-state index is 0.901. The van der Waals surface area contributed by atoms with Crippen LogP contribution in [0.3, 0.4) is 0 Å². The van der Waals surface area contributed by atoms with Crippen LogP contribution in [0.2, 0.25) is 0 Å². The molecule has 0 aromatic heterocycles. The van der Waals surface area contributed by atoms with Crippen molar-refractivity contribution in [1.82, 2.24) is 10.2 Å². The van der Waals surface area contributed by atoms with Gasteiger partial charge in [0.2, 0.25) is 0 Å². The lowest BCUT2D eigenvalue weighted by atomic mass is 10.0. The van der Waals surface area contributed by atoms with E-state index in [2.05, 4.69) is 46.2 Å². The number of hydrogen-bond donors (Lipinski definition) is 1. The van der Waals surface area contributed by atoms with Crippen LogP contribution in [0.15, 0.2) is 24.3 Å². The van der Waals surface area contributed by atoms with Crippen LogP contribution in [0.25, 0.3) is 0 Å². The number of thioether (sulfide) groups is 1. The number of benzene rings is 1. The van der Waals surface area contributed by atoms with Gasteiger partial charge in [0.05, 0.1) is 0 Å². The molecule has 1 fully saturated rings. The lowest BCUT2D eigenvalue weighted by Gasteiger charge is -2.29. The van der Waals surface area contributed by atoms with Gasteiger partial charge in [0.25, 0.3) is 0 Å². The normalized spacial score (nSPS) is 21.3. The fourth-order valence-electron chi connectivity index (χ4n) is 3.06. The maximum atomic E-state index is 3.44. The summed E-state index contributed by atoms with van der Waals surface area (Å²) in [5.41, 5.74) is 3.10. The summed E-state index contributed by atoms with van der Waals surface area (Å²) in [5.74, 6) is 1.30. The topological polar surface area (TPSA) is 15.3 Å². The highest BCUT2D eigenvalue weighted by Crippen LogP contribution is 2.22. The molecule has 1 aromatic carbocycles. The second-order valence-corrected chi connectivity index (χ2v) is 7.02. The van der Waals surface area contributed by atoms with E-state index in [0.29, 0.717) is 0 Å². The minimum Gasteiger partial charge on any atom is -0.317 e. The van der Waals surface area contributed by atoms with Crippen LogP contribution in [-0.4, -0.2) is 42.1 Å². The average Bonchev–Trinajstić information content (AvgIpc) is 2.48. The van der Waals surface area contributed by atoms with Crippen molar-refractivity contribution < 1.29 is 0 Å². The number of piperidine rings is 1. The van der Waals surface area contributed by atoms with E-state index in [9.17, 15) is 0 Å². The Labute approximate surface area is 121 Å². The van der Waals surface area contributed by atoms with E-state index in [1.54, 1.807) is 11.1 Å². The molecule has 3 heteroatoms. The number of nitrogens with zero attached hydrogens (tertiary/aromatic N) is 1. The van der Waals surface area contributed by atoms with E-state index in [-0.39, 0.29) is 0 Å². The zero-order valence-corrected chi connectivity index (χ0v) is 12.4. The molecule has 0 aliphatic carbocycles. The zero-order valence-electron chi connectivity index (χ0n) is 11.6. The summed E-state index contributed by atoms with van der Waals surface area (Å²) in [6.45, 7) is 6.08. The molecule has 2 aliphatic rings. The van der Waals surface area contributed by atoms with E-state index in [4.69, 9.17) is 0 Å². The molecular weight excluding hydrogens is 252 g/mol. The first-order valence-corrected chi connectivity index (χ1v) is 8.58. The van der Waals surface area contributed by atoms with Crippen molar-refractivity contribution in [3.8, 4) is 0 Å². The summed E-state index contributed by atoms with van der Waals surface area (Å²) < 4.78 is 0. The molecule has 0 amide bonds. The van der Waals surface area contributed by atoms with Crippen LogP contribution < -0.4 is 5.32 Å². The Bertz CT molecular complexity index is 401. The molecule has 0 radical (unpaired) electrons. The van der Waals surface area contributed by atoms with Crippen molar-refractivity contribution in [1.29, 1.82) is 0 Å². The lowest BCUT2D eigenvalue weighted by molar-refractivity contribution is 0.270. The summed E-state index contributed by atoms with van der Waals surface area (Å²) in [5, 5.41) is 4.34. The molecule has 3 rings (SSSR count). The van der Waals surface area contributed by atoms with Gasteiger partial charge in [-0.05, 0) is 43.5 Å². The fourth-order valence-corrected chi connectivity index (χ4v) is 4.32.